The number of rotatable bonds is 8. The summed E-state index contributed by atoms with van der Waals surface area (Å²) >= 11 is 5.81. The Morgan fingerprint density at radius 1 is 1.22 bits per heavy atom. The molecule has 0 spiro atoms. The monoisotopic (exact) mass is 270 g/mol. The maximum Gasteiger partial charge on any atom is 0.142 e. The molecule has 0 saturated heterocycles. The summed E-state index contributed by atoms with van der Waals surface area (Å²) in [6.07, 6.45) is 6.43. The predicted octanol–water partition coefficient (Wildman–Crippen LogP) is 4.95. The summed E-state index contributed by atoms with van der Waals surface area (Å²) in [5.74, 6) is -0.316. The van der Waals surface area contributed by atoms with E-state index in [1.165, 1.54) is 25.3 Å². The summed E-state index contributed by atoms with van der Waals surface area (Å²) in [7, 11) is 0. The fourth-order valence-corrected chi connectivity index (χ4v) is 2.10. The van der Waals surface area contributed by atoms with Gasteiger partial charge in [-0.3, -0.25) is 4.79 Å². The molecule has 0 aliphatic rings. The number of Topliss-reactive ketones (excluding diaryl/α,β-unsaturated/α-hetero) is 1. The van der Waals surface area contributed by atoms with E-state index in [4.69, 9.17) is 11.6 Å². The van der Waals surface area contributed by atoms with Crippen LogP contribution in [0.3, 0.4) is 0 Å². The van der Waals surface area contributed by atoms with Gasteiger partial charge in [-0.2, -0.15) is 0 Å². The van der Waals surface area contributed by atoms with E-state index in [2.05, 4.69) is 6.92 Å². The Balaban J connectivity index is 2.34. The lowest BCUT2D eigenvalue weighted by Crippen LogP contribution is -2.03. The van der Waals surface area contributed by atoms with Crippen molar-refractivity contribution in [3.05, 3.63) is 34.6 Å². The van der Waals surface area contributed by atoms with Crippen molar-refractivity contribution in [3.8, 4) is 0 Å². The average Bonchev–Trinajstić information content (AvgIpc) is 2.35. The zero-order chi connectivity index (χ0) is 13.4. The van der Waals surface area contributed by atoms with Gasteiger partial charge in [-0.25, -0.2) is 4.39 Å². The molecule has 0 heterocycles. The van der Waals surface area contributed by atoms with Crippen LogP contribution in [0.1, 0.15) is 51.0 Å². The molecule has 1 aromatic carbocycles. The fourth-order valence-electron chi connectivity index (χ4n) is 1.91. The molecule has 18 heavy (non-hydrogen) atoms. The van der Waals surface area contributed by atoms with E-state index in [9.17, 15) is 9.18 Å². The van der Waals surface area contributed by atoms with Crippen LogP contribution in [0.25, 0.3) is 0 Å². The Morgan fingerprint density at radius 2 is 1.94 bits per heavy atom. The number of ketones is 1. The van der Waals surface area contributed by atoms with Crippen LogP contribution in [0.15, 0.2) is 18.2 Å². The van der Waals surface area contributed by atoms with Crippen molar-refractivity contribution in [2.24, 2.45) is 0 Å². The molecule has 0 saturated carbocycles. The van der Waals surface area contributed by atoms with E-state index < -0.39 is 5.82 Å². The third kappa shape index (κ3) is 5.18. The lowest BCUT2D eigenvalue weighted by atomic mass is 10.0. The minimum absolute atomic E-state index is 0.0804. The van der Waals surface area contributed by atoms with Crippen molar-refractivity contribution < 1.29 is 9.18 Å². The van der Waals surface area contributed by atoms with Crippen molar-refractivity contribution in [2.45, 2.75) is 51.9 Å². The number of benzene rings is 1. The lowest BCUT2D eigenvalue weighted by molar-refractivity contribution is -0.118. The van der Waals surface area contributed by atoms with Crippen LogP contribution in [0, 0.1) is 5.82 Å². The second-order valence-electron chi connectivity index (χ2n) is 4.59. The van der Waals surface area contributed by atoms with Crippen molar-refractivity contribution in [3.63, 3.8) is 0 Å². The zero-order valence-corrected chi connectivity index (χ0v) is 11.6. The SMILES string of the molecule is CCCCCCCC(=O)Cc1cccc(F)c1Cl. The topological polar surface area (TPSA) is 17.1 Å². The molecule has 0 aliphatic carbocycles. The first-order valence-electron chi connectivity index (χ1n) is 6.59. The van der Waals surface area contributed by atoms with Gasteiger partial charge in [-0.1, -0.05) is 56.3 Å². The summed E-state index contributed by atoms with van der Waals surface area (Å²) in [5, 5.41) is 0.0804. The Kier molecular flexibility index (Phi) is 6.96. The number of hydrogen-bond donors (Lipinski definition) is 0. The van der Waals surface area contributed by atoms with Gasteiger partial charge in [0.1, 0.15) is 11.6 Å². The molecule has 0 aliphatic heterocycles. The summed E-state index contributed by atoms with van der Waals surface area (Å²) in [6.45, 7) is 2.16. The molecule has 1 nitrogen and oxygen atoms in total. The van der Waals surface area contributed by atoms with Gasteiger partial charge in [-0.15, -0.1) is 0 Å². The van der Waals surface area contributed by atoms with Gasteiger partial charge < -0.3 is 0 Å². The standard InChI is InChI=1S/C15H20ClFO/c1-2-3-4-5-6-9-13(18)11-12-8-7-10-14(17)15(12)16/h7-8,10H,2-6,9,11H2,1H3. The molecule has 0 fully saturated rings. The van der Waals surface area contributed by atoms with E-state index in [0.29, 0.717) is 12.0 Å². The molecule has 3 heteroatoms. The van der Waals surface area contributed by atoms with Crippen LogP contribution in [0.5, 0.6) is 0 Å². The number of carbonyl (C=O) groups is 1. The molecule has 1 rings (SSSR count). The Hall–Kier alpha value is -0.890. The molecule has 1 aromatic rings. The second-order valence-corrected chi connectivity index (χ2v) is 4.97. The Bertz CT molecular complexity index is 390. The Morgan fingerprint density at radius 3 is 2.67 bits per heavy atom. The molecule has 0 unspecified atom stereocenters. The predicted molar refractivity (Wildman–Crippen MR) is 73.5 cm³/mol. The van der Waals surface area contributed by atoms with Crippen molar-refractivity contribution in [2.75, 3.05) is 0 Å². The number of halogens is 2. The van der Waals surface area contributed by atoms with Crippen molar-refractivity contribution in [1.82, 2.24) is 0 Å². The largest absolute Gasteiger partial charge is 0.299 e. The lowest BCUT2D eigenvalue weighted by Gasteiger charge is -2.04. The van der Waals surface area contributed by atoms with Crippen LogP contribution in [-0.2, 0) is 11.2 Å². The summed E-state index contributed by atoms with van der Waals surface area (Å²) in [4.78, 5) is 11.7. The van der Waals surface area contributed by atoms with E-state index in [-0.39, 0.29) is 17.2 Å². The highest BCUT2D eigenvalue weighted by atomic mass is 35.5. The summed E-state index contributed by atoms with van der Waals surface area (Å²) < 4.78 is 13.2. The number of unbranched alkanes of at least 4 members (excludes halogenated alkanes) is 4. The number of carbonyl (C=O) groups excluding carboxylic acids is 1. The molecule has 0 N–H and O–H groups in total. The van der Waals surface area contributed by atoms with E-state index >= 15 is 0 Å². The van der Waals surface area contributed by atoms with Gasteiger partial charge in [0.05, 0.1) is 5.02 Å². The van der Waals surface area contributed by atoms with Crippen LogP contribution >= 0.6 is 11.6 Å². The summed E-state index contributed by atoms with van der Waals surface area (Å²) in [5.41, 5.74) is 0.593. The maximum absolute atomic E-state index is 13.2. The second kappa shape index (κ2) is 8.25. The molecular weight excluding hydrogens is 251 g/mol. The third-order valence-corrected chi connectivity index (χ3v) is 3.40. The highest BCUT2D eigenvalue weighted by Gasteiger charge is 2.09. The van der Waals surface area contributed by atoms with Crippen LogP contribution in [-0.4, -0.2) is 5.78 Å². The van der Waals surface area contributed by atoms with Gasteiger partial charge >= 0.3 is 0 Å². The smallest absolute Gasteiger partial charge is 0.142 e. The minimum Gasteiger partial charge on any atom is -0.299 e. The molecule has 0 aromatic heterocycles. The number of hydrogen-bond acceptors (Lipinski definition) is 1. The van der Waals surface area contributed by atoms with Crippen molar-refractivity contribution in [1.29, 1.82) is 0 Å². The Labute approximate surface area is 113 Å². The van der Waals surface area contributed by atoms with E-state index in [0.717, 1.165) is 12.8 Å². The third-order valence-electron chi connectivity index (χ3n) is 2.98. The summed E-state index contributed by atoms with van der Waals surface area (Å²) in [6, 6.07) is 4.60. The van der Waals surface area contributed by atoms with Gasteiger partial charge in [-0.05, 0) is 18.1 Å². The highest BCUT2D eigenvalue weighted by Crippen LogP contribution is 2.20. The molecule has 100 valence electrons. The van der Waals surface area contributed by atoms with Gasteiger partial charge in [0.2, 0.25) is 0 Å². The molecule has 0 amide bonds. The first kappa shape index (κ1) is 15.2. The first-order valence-corrected chi connectivity index (χ1v) is 6.97. The zero-order valence-electron chi connectivity index (χ0n) is 10.8. The molecule has 0 atom stereocenters. The van der Waals surface area contributed by atoms with Crippen LogP contribution in [0.4, 0.5) is 4.39 Å². The highest BCUT2D eigenvalue weighted by molar-refractivity contribution is 6.31. The van der Waals surface area contributed by atoms with E-state index in [1.54, 1.807) is 12.1 Å². The first-order chi connectivity index (χ1) is 8.65. The van der Waals surface area contributed by atoms with Crippen molar-refractivity contribution >= 4 is 17.4 Å². The maximum atomic E-state index is 13.2. The minimum atomic E-state index is -0.454. The molecule has 0 bridgehead atoms. The average molecular weight is 271 g/mol. The fraction of sp³-hybridized carbons (Fsp3) is 0.533. The molecule has 0 radical (unpaired) electrons. The molecular formula is C15H20ClFO. The van der Waals surface area contributed by atoms with Gasteiger partial charge in [0.15, 0.2) is 0 Å². The van der Waals surface area contributed by atoms with Gasteiger partial charge in [0.25, 0.3) is 0 Å². The van der Waals surface area contributed by atoms with Gasteiger partial charge in [0, 0.05) is 12.8 Å². The quantitative estimate of drug-likeness (QED) is 0.611. The van der Waals surface area contributed by atoms with Crippen LogP contribution in [0.2, 0.25) is 5.02 Å². The van der Waals surface area contributed by atoms with E-state index in [1.807, 2.05) is 0 Å². The van der Waals surface area contributed by atoms with Crippen LogP contribution < -0.4 is 0 Å². The normalized spacial score (nSPS) is 10.6.